The van der Waals surface area contributed by atoms with E-state index in [2.05, 4.69) is 41.1 Å². The normalized spacial score (nSPS) is 12.3. The summed E-state index contributed by atoms with van der Waals surface area (Å²) in [5.74, 6) is 0. The molecule has 1 aromatic rings. The molecule has 0 radical (unpaired) electrons. The Morgan fingerprint density at radius 2 is 2.12 bits per heavy atom. The van der Waals surface area contributed by atoms with Crippen LogP contribution in [-0.4, -0.2) is 15.5 Å². The molecule has 1 rings (SSSR count). The number of nitrogens with one attached hydrogen (secondary N) is 1. The molecule has 0 atom stereocenters. The minimum absolute atomic E-state index is 0.0167. The second-order valence-corrected chi connectivity index (χ2v) is 7.02. The van der Waals surface area contributed by atoms with Crippen LogP contribution in [0.4, 0.5) is 0 Å². The molecule has 0 aliphatic rings. The standard InChI is InChI=1S/C11H15BrN2OS/c1-11(2,3)16-13-6-8-5-10(15)14(4)7-9(8)12/h5-7H,1-4H3/p+1/b13-6+. The number of aryl methyl sites for hydroxylation is 1. The Hall–Kier alpha value is -0.550. The van der Waals surface area contributed by atoms with E-state index in [0.29, 0.717) is 0 Å². The summed E-state index contributed by atoms with van der Waals surface area (Å²) in [6.07, 6.45) is 3.60. The molecule has 0 spiro atoms. The number of hydrogen-bond donors (Lipinski definition) is 1. The van der Waals surface area contributed by atoms with Crippen molar-refractivity contribution in [1.82, 2.24) is 4.57 Å². The van der Waals surface area contributed by atoms with Gasteiger partial charge in [-0.1, -0.05) is 0 Å². The highest BCUT2D eigenvalue weighted by molar-refractivity contribution is 9.10. The van der Waals surface area contributed by atoms with Gasteiger partial charge in [0.25, 0.3) is 5.56 Å². The van der Waals surface area contributed by atoms with Gasteiger partial charge in [-0.2, -0.15) is 4.40 Å². The zero-order valence-corrected chi connectivity index (χ0v) is 12.3. The molecule has 16 heavy (non-hydrogen) atoms. The summed E-state index contributed by atoms with van der Waals surface area (Å²) in [7, 11) is 1.73. The van der Waals surface area contributed by atoms with Crippen LogP contribution in [0.25, 0.3) is 0 Å². The summed E-state index contributed by atoms with van der Waals surface area (Å²) >= 11 is 5.03. The molecule has 0 aliphatic heterocycles. The van der Waals surface area contributed by atoms with Gasteiger partial charge >= 0.3 is 0 Å². The van der Waals surface area contributed by atoms with E-state index in [1.54, 1.807) is 35.8 Å². The van der Waals surface area contributed by atoms with E-state index in [9.17, 15) is 4.79 Å². The number of rotatable bonds is 2. The first kappa shape index (κ1) is 13.5. The highest BCUT2D eigenvalue weighted by Gasteiger charge is 2.15. The predicted octanol–water partition coefficient (Wildman–Crippen LogP) is 1.09. The third-order valence-electron chi connectivity index (χ3n) is 1.79. The minimum Gasteiger partial charge on any atom is -0.317 e. The molecular weight excluding hydrogens is 288 g/mol. The molecule has 1 N–H and O–H groups in total. The number of nitrogens with zero attached hydrogens (tertiary/aromatic N) is 1. The summed E-state index contributed by atoms with van der Waals surface area (Å²) in [6, 6.07) is 1.60. The zero-order chi connectivity index (χ0) is 12.3. The third kappa shape index (κ3) is 4.14. The molecule has 0 saturated carbocycles. The van der Waals surface area contributed by atoms with Crippen molar-refractivity contribution >= 4 is 34.1 Å². The molecule has 0 amide bonds. The van der Waals surface area contributed by atoms with E-state index in [1.807, 2.05) is 6.21 Å². The van der Waals surface area contributed by atoms with Gasteiger partial charge in [0.1, 0.15) is 0 Å². The van der Waals surface area contributed by atoms with E-state index in [4.69, 9.17) is 0 Å². The van der Waals surface area contributed by atoms with Gasteiger partial charge in [-0.15, -0.1) is 0 Å². The predicted molar refractivity (Wildman–Crippen MR) is 72.9 cm³/mol. The molecule has 0 saturated heterocycles. The lowest BCUT2D eigenvalue weighted by Gasteiger charge is -2.06. The van der Waals surface area contributed by atoms with Crippen molar-refractivity contribution in [3.8, 4) is 0 Å². The number of aromatic nitrogens is 1. The van der Waals surface area contributed by atoms with Crippen molar-refractivity contribution in [3.05, 3.63) is 32.7 Å². The molecule has 0 bridgehead atoms. The summed E-state index contributed by atoms with van der Waals surface area (Å²) in [4.78, 5) is 11.4. The van der Waals surface area contributed by atoms with Gasteiger partial charge < -0.3 is 4.57 Å². The molecule has 1 aromatic heterocycles. The molecule has 0 fully saturated rings. The number of hydrogen-bond acceptors (Lipinski definition) is 2. The van der Waals surface area contributed by atoms with Gasteiger partial charge in [0.05, 0.1) is 10.3 Å². The van der Waals surface area contributed by atoms with Gasteiger partial charge in [-0.05, 0) is 36.7 Å². The maximum absolute atomic E-state index is 11.4. The van der Waals surface area contributed by atoms with Crippen LogP contribution < -0.4 is 9.96 Å². The van der Waals surface area contributed by atoms with Crippen molar-refractivity contribution in [2.24, 2.45) is 7.05 Å². The average molecular weight is 304 g/mol. The second kappa shape index (κ2) is 5.19. The molecule has 1 heterocycles. The van der Waals surface area contributed by atoms with Gasteiger partial charge in [0.15, 0.2) is 18.2 Å². The lowest BCUT2D eigenvalue weighted by Crippen LogP contribution is -2.62. The maximum Gasteiger partial charge on any atom is 0.251 e. The van der Waals surface area contributed by atoms with Crippen LogP contribution in [0.15, 0.2) is 21.5 Å². The molecule has 0 unspecified atom stereocenters. The molecule has 5 heteroatoms. The smallest absolute Gasteiger partial charge is 0.251 e. The Bertz CT molecular complexity index is 460. The summed E-state index contributed by atoms with van der Waals surface area (Å²) in [5.41, 5.74) is 0.844. The summed E-state index contributed by atoms with van der Waals surface area (Å²) < 4.78 is 5.72. The number of pyridine rings is 1. The van der Waals surface area contributed by atoms with Crippen LogP contribution in [0.3, 0.4) is 0 Å². The lowest BCUT2D eigenvalue weighted by molar-refractivity contribution is -0.238. The average Bonchev–Trinajstić information content (AvgIpc) is 2.11. The third-order valence-corrected chi connectivity index (χ3v) is 3.30. The van der Waals surface area contributed by atoms with E-state index in [1.165, 1.54) is 0 Å². The van der Waals surface area contributed by atoms with Crippen LogP contribution in [0, 0.1) is 0 Å². The van der Waals surface area contributed by atoms with Crippen molar-refractivity contribution in [2.45, 2.75) is 25.5 Å². The van der Waals surface area contributed by atoms with E-state index < -0.39 is 0 Å². The molecule has 0 aliphatic carbocycles. The van der Waals surface area contributed by atoms with Crippen molar-refractivity contribution in [1.29, 1.82) is 0 Å². The van der Waals surface area contributed by atoms with Crippen LogP contribution >= 0.6 is 27.9 Å². The first-order chi connectivity index (χ1) is 7.29. The molecular formula is C11H16BrN2OS+. The largest absolute Gasteiger partial charge is 0.317 e. The van der Waals surface area contributed by atoms with Crippen LogP contribution in [0.2, 0.25) is 0 Å². The first-order valence-electron chi connectivity index (χ1n) is 4.92. The van der Waals surface area contributed by atoms with Gasteiger partial charge in [0, 0.05) is 23.8 Å². The minimum atomic E-state index is -0.0167. The Morgan fingerprint density at radius 3 is 2.69 bits per heavy atom. The Morgan fingerprint density at radius 1 is 1.50 bits per heavy atom. The first-order valence-corrected chi connectivity index (χ1v) is 6.53. The van der Waals surface area contributed by atoms with Gasteiger partial charge in [0.2, 0.25) is 0 Å². The Kier molecular flexibility index (Phi) is 4.38. The lowest BCUT2D eigenvalue weighted by atomic mass is 10.3. The van der Waals surface area contributed by atoms with Gasteiger partial charge in [-0.25, -0.2) is 0 Å². The second-order valence-electron chi connectivity index (χ2n) is 4.50. The quantitative estimate of drug-likeness (QED) is 0.656. The van der Waals surface area contributed by atoms with Gasteiger partial charge in [-0.3, -0.25) is 4.79 Å². The SMILES string of the molecule is Cn1cc(Br)c(/C=[NH+]/SC(C)(C)C)cc1=O. The monoisotopic (exact) mass is 303 g/mol. The van der Waals surface area contributed by atoms with E-state index in [-0.39, 0.29) is 10.3 Å². The fraction of sp³-hybridized carbons (Fsp3) is 0.455. The Balaban J connectivity index is 2.90. The zero-order valence-electron chi connectivity index (χ0n) is 9.87. The molecule has 88 valence electrons. The topological polar surface area (TPSA) is 36.0 Å². The maximum atomic E-state index is 11.4. The molecule has 0 aromatic carbocycles. The van der Waals surface area contributed by atoms with Crippen LogP contribution in [0.5, 0.6) is 0 Å². The van der Waals surface area contributed by atoms with Crippen LogP contribution in [-0.2, 0) is 7.05 Å². The van der Waals surface area contributed by atoms with Crippen molar-refractivity contribution in [3.63, 3.8) is 0 Å². The highest BCUT2D eigenvalue weighted by Crippen LogP contribution is 2.14. The number of halogens is 1. The van der Waals surface area contributed by atoms with Crippen LogP contribution in [0.1, 0.15) is 26.3 Å². The fourth-order valence-electron chi connectivity index (χ4n) is 0.992. The molecule has 3 nitrogen and oxygen atoms in total. The van der Waals surface area contributed by atoms with E-state index >= 15 is 0 Å². The summed E-state index contributed by atoms with van der Waals surface area (Å²) in [6.45, 7) is 6.37. The van der Waals surface area contributed by atoms with E-state index in [0.717, 1.165) is 10.0 Å². The van der Waals surface area contributed by atoms with Crippen molar-refractivity contribution in [2.75, 3.05) is 0 Å². The van der Waals surface area contributed by atoms with Crippen molar-refractivity contribution < 1.29 is 4.40 Å². The Labute approximate surface area is 108 Å². The summed E-state index contributed by atoms with van der Waals surface area (Å²) in [5, 5.41) is 0. The fourth-order valence-corrected chi connectivity index (χ4v) is 2.07. The highest BCUT2D eigenvalue weighted by atomic mass is 79.9.